The van der Waals surface area contributed by atoms with Gasteiger partial charge in [0.25, 0.3) is 0 Å². The third-order valence-corrected chi connectivity index (χ3v) is 9.32. The second kappa shape index (κ2) is 8.98. The number of hydrogen-bond acceptors (Lipinski definition) is 2. The molecule has 2 nitrogen and oxygen atoms in total. The van der Waals surface area contributed by atoms with Crippen molar-refractivity contribution in [3.63, 3.8) is 0 Å². The highest BCUT2D eigenvalue weighted by molar-refractivity contribution is 7.96. The van der Waals surface area contributed by atoms with Crippen LogP contribution in [-0.2, 0) is 9.53 Å². The van der Waals surface area contributed by atoms with Crippen molar-refractivity contribution >= 4 is 29.1 Å². The minimum Gasteiger partial charge on any atom is -1.00 e. The van der Waals surface area contributed by atoms with Crippen molar-refractivity contribution in [2.45, 2.75) is 12.6 Å². The molecular weight excluding hydrogens is 363 g/mol. The van der Waals surface area contributed by atoms with Gasteiger partial charge < -0.3 is 17.1 Å². The van der Waals surface area contributed by atoms with Gasteiger partial charge in [-0.2, -0.15) is 0 Å². The van der Waals surface area contributed by atoms with Crippen LogP contribution in [0.3, 0.4) is 0 Å². The molecule has 3 rings (SSSR count). The summed E-state index contributed by atoms with van der Waals surface area (Å²) in [5.41, 5.74) is -0.273. The van der Waals surface area contributed by atoms with Gasteiger partial charge in [-0.3, -0.25) is 0 Å². The van der Waals surface area contributed by atoms with Gasteiger partial charge >= 0.3 is 5.97 Å². The first-order chi connectivity index (χ1) is 12.2. The predicted molar refractivity (Wildman–Crippen MR) is 107 cm³/mol. The summed E-state index contributed by atoms with van der Waals surface area (Å²) in [6.07, 6.45) is 0. The Bertz CT molecular complexity index is 726. The van der Waals surface area contributed by atoms with Gasteiger partial charge in [-0.15, -0.1) is 0 Å². The molecule has 4 heteroatoms. The Hall–Kier alpha value is -2.15. The van der Waals surface area contributed by atoms with Crippen molar-refractivity contribution in [1.29, 1.82) is 0 Å². The molecule has 1 atom stereocenters. The van der Waals surface area contributed by atoms with E-state index in [1.807, 2.05) is 61.5 Å². The van der Waals surface area contributed by atoms with Crippen LogP contribution >= 0.6 is 7.26 Å². The predicted octanol–water partition coefficient (Wildman–Crippen LogP) is 0.546. The Morgan fingerprint density at radius 3 is 1.31 bits per heavy atom. The first kappa shape index (κ1) is 20.2. The minimum absolute atomic E-state index is 0. The maximum atomic E-state index is 12.7. The lowest BCUT2D eigenvalue weighted by Crippen LogP contribution is -3.00. The lowest BCUT2D eigenvalue weighted by atomic mass is 10.3. The number of esters is 1. The van der Waals surface area contributed by atoms with Gasteiger partial charge in [0.15, 0.2) is 5.66 Å². The van der Waals surface area contributed by atoms with Crippen LogP contribution < -0.4 is 28.3 Å². The molecule has 3 aromatic rings. The fraction of sp³-hybridized carbons (Fsp3) is 0.136. The zero-order valence-corrected chi connectivity index (χ0v) is 16.5. The van der Waals surface area contributed by atoms with Crippen molar-refractivity contribution in [2.24, 2.45) is 0 Å². The molecule has 0 saturated carbocycles. The zero-order valence-electron chi connectivity index (χ0n) is 14.9. The van der Waals surface area contributed by atoms with Gasteiger partial charge in [-0.25, -0.2) is 4.79 Å². The van der Waals surface area contributed by atoms with Gasteiger partial charge in [0.05, 0.1) is 7.11 Å². The molecule has 0 saturated heterocycles. The number of halogens is 1. The monoisotopic (exact) mass is 384 g/mol. The number of hydrogen-bond donors (Lipinski definition) is 0. The Kier molecular flexibility index (Phi) is 6.97. The minimum atomic E-state index is -2.19. The summed E-state index contributed by atoms with van der Waals surface area (Å²) < 4.78 is 5.17. The van der Waals surface area contributed by atoms with Crippen LogP contribution in [0, 0.1) is 0 Å². The van der Waals surface area contributed by atoms with Crippen molar-refractivity contribution in [3.05, 3.63) is 91.0 Å². The topological polar surface area (TPSA) is 26.3 Å². The second-order valence-electron chi connectivity index (χ2n) is 5.93. The molecule has 0 aliphatic carbocycles. The third kappa shape index (κ3) is 3.53. The Morgan fingerprint density at radius 1 is 0.731 bits per heavy atom. The quantitative estimate of drug-likeness (QED) is 0.474. The largest absolute Gasteiger partial charge is 1.00 e. The molecular formula is C22H22ClO2P. The lowest BCUT2D eigenvalue weighted by molar-refractivity contribution is -0.139. The van der Waals surface area contributed by atoms with E-state index in [9.17, 15) is 4.79 Å². The van der Waals surface area contributed by atoms with Crippen molar-refractivity contribution in [1.82, 2.24) is 0 Å². The fourth-order valence-corrected chi connectivity index (χ4v) is 8.02. The van der Waals surface area contributed by atoms with Gasteiger partial charge in [-0.1, -0.05) is 54.6 Å². The van der Waals surface area contributed by atoms with E-state index in [0.717, 1.165) is 0 Å². The second-order valence-corrected chi connectivity index (χ2v) is 9.70. The highest BCUT2D eigenvalue weighted by atomic mass is 35.5. The summed E-state index contributed by atoms with van der Waals surface area (Å²) >= 11 is 0. The van der Waals surface area contributed by atoms with Gasteiger partial charge in [0.1, 0.15) is 23.2 Å². The van der Waals surface area contributed by atoms with Crippen LogP contribution in [0.1, 0.15) is 6.92 Å². The molecule has 0 N–H and O–H groups in total. The molecule has 0 radical (unpaired) electrons. The number of benzene rings is 3. The molecule has 134 valence electrons. The Labute approximate surface area is 162 Å². The maximum absolute atomic E-state index is 12.7. The highest BCUT2D eigenvalue weighted by Crippen LogP contribution is 2.59. The SMILES string of the molecule is COC(=O)C(C)[P+](c1ccccc1)(c1ccccc1)c1ccccc1.[Cl-]. The Morgan fingerprint density at radius 2 is 1.04 bits per heavy atom. The van der Waals surface area contributed by atoms with Crippen LogP contribution in [0.25, 0.3) is 0 Å². The van der Waals surface area contributed by atoms with Crippen LogP contribution in [0.4, 0.5) is 0 Å². The average molecular weight is 385 g/mol. The average Bonchev–Trinajstić information content (AvgIpc) is 2.70. The lowest BCUT2D eigenvalue weighted by Gasteiger charge is -2.31. The zero-order chi connectivity index (χ0) is 17.7. The standard InChI is InChI=1S/C22H22O2P.ClH/c1-18(22(23)24-2)25(19-12-6-3-7-13-19,20-14-8-4-9-15-20)21-16-10-5-11-17-21;/h3-18H,1-2H3;1H/q+1;/p-1. The summed E-state index contributed by atoms with van der Waals surface area (Å²) in [7, 11) is -0.725. The Balaban J connectivity index is 0.00000243. The molecule has 0 aliphatic rings. The van der Waals surface area contributed by atoms with E-state index in [1.165, 1.54) is 23.0 Å². The first-order valence-electron chi connectivity index (χ1n) is 8.34. The number of carbonyl (C=O) groups is 1. The molecule has 0 amide bonds. The molecule has 1 unspecified atom stereocenters. The van der Waals surface area contributed by atoms with E-state index < -0.39 is 7.26 Å². The van der Waals surface area contributed by atoms with E-state index in [0.29, 0.717) is 0 Å². The van der Waals surface area contributed by atoms with Gasteiger partial charge in [0, 0.05) is 0 Å². The summed E-state index contributed by atoms with van der Waals surface area (Å²) in [4.78, 5) is 12.7. The van der Waals surface area contributed by atoms with Crippen LogP contribution in [0.2, 0.25) is 0 Å². The summed E-state index contributed by atoms with van der Waals surface area (Å²) in [6.45, 7) is 1.99. The molecule has 26 heavy (non-hydrogen) atoms. The van der Waals surface area contributed by atoms with Crippen LogP contribution in [0.15, 0.2) is 91.0 Å². The molecule has 0 spiro atoms. The molecule has 0 bridgehead atoms. The smallest absolute Gasteiger partial charge is 0.347 e. The normalized spacial score (nSPS) is 11.9. The van der Waals surface area contributed by atoms with Crippen molar-refractivity contribution in [3.8, 4) is 0 Å². The van der Waals surface area contributed by atoms with Crippen molar-refractivity contribution in [2.75, 3.05) is 7.11 Å². The van der Waals surface area contributed by atoms with Crippen LogP contribution in [0.5, 0.6) is 0 Å². The van der Waals surface area contributed by atoms with E-state index in [2.05, 4.69) is 36.4 Å². The fourth-order valence-electron chi connectivity index (χ4n) is 3.44. The van der Waals surface area contributed by atoms with E-state index in [-0.39, 0.29) is 24.0 Å². The number of rotatable bonds is 5. The first-order valence-corrected chi connectivity index (χ1v) is 10.2. The van der Waals surface area contributed by atoms with Crippen molar-refractivity contribution < 1.29 is 21.9 Å². The van der Waals surface area contributed by atoms with E-state index >= 15 is 0 Å². The molecule has 0 aromatic heterocycles. The number of ether oxygens (including phenoxy) is 1. The molecule has 0 heterocycles. The van der Waals surface area contributed by atoms with E-state index in [4.69, 9.17) is 4.74 Å². The van der Waals surface area contributed by atoms with Gasteiger partial charge in [0.2, 0.25) is 0 Å². The summed E-state index contributed by atoms with van der Waals surface area (Å²) in [5, 5.41) is 3.56. The maximum Gasteiger partial charge on any atom is 0.347 e. The highest BCUT2D eigenvalue weighted by Gasteiger charge is 2.53. The summed E-state index contributed by atoms with van der Waals surface area (Å²) in [5.74, 6) is -0.176. The number of methoxy groups -OCH3 is 1. The summed E-state index contributed by atoms with van der Waals surface area (Å²) in [6, 6.07) is 31.1. The van der Waals surface area contributed by atoms with E-state index in [1.54, 1.807) is 0 Å². The van der Waals surface area contributed by atoms with Crippen LogP contribution in [-0.4, -0.2) is 18.7 Å². The molecule has 3 aromatic carbocycles. The van der Waals surface area contributed by atoms with Gasteiger partial charge in [-0.05, 0) is 43.3 Å². The number of carbonyl (C=O) groups excluding carboxylic acids is 1. The molecule has 0 aliphatic heterocycles. The molecule has 0 fully saturated rings. The third-order valence-electron chi connectivity index (χ3n) is 4.61.